The average Bonchev–Trinajstić information content (AvgIpc) is 2.03. The first-order valence-electron chi connectivity index (χ1n) is 4.53. The lowest BCUT2D eigenvalue weighted by Crippen LogP contribution is -2.36. The monoisotopic (exact) mass is 157 g/mol. The van der Waals surface area contributed by atoms with Crippen LogP contribution in [0, 0.1) is 5.92 Å². The standard InChI is InChI=1S/C9H19NO/c1-7-6-9(4-5-11-7)8(2)10-3/h7-10H,4-6H2,1-3H3. The van der Waals surface area contributed by atoms with E-state index in [-0.39, 0.29) is 0 Å². The fourth-order valence-electron chi connectivity index (χ4n) is 1.72. The maximum absolute atomic E-state index is 5.47. The van der Waals surface area contributed by atoms with Crippen molar-refractivity contribution in [1.82, 2.24) is 5.32 Å². The molecule has 3 atom stereocenters. The molecule has 2 heteroatoms. The second kappa shape index (κ2) is 4.07. The van der Waals surface area contributed by atoms with Crippen LogP contribution >= 0.6 is 0 Å². The summed E-state index contributed by atoms with van der Waals surface area (Å²) in [7, 11) is 2.03. The van der Waals surface area contributed by atoms with Crippen molar-refractivity contribution in [2.24, 2.45) is 5.92 Å². The summed E-state index contributed by atoms with van der Waals surface area (Å²) in [5.74, 6) is 0.809. The van der Waals surface area contributed by atoms with Gasteiger partial charge in [-0.25, -0.2) is 0 Å². The molecule has 66 valence electrons. The predicted molar refractivity (Wildman–Crippen MR) is 46.7 cm³/mol. The van der Waals surface area contributed by atoms with Crippen LogP contribution in [0.2, 0.25) is 0 Å². The molecule has 1 saturated heterocycles. The van der Waals surface area contributed by atoms with Crippen LogP contribution in [0.5, 0.6) is 0 Å². The van der Waals surface area contributed by atoms with Crippen LogP contribution < -0.4 is 5.32 Å². The smallest absolute Gasteiger partial charge is 0.0550 e. The van der Waals surface area contributed by atoms with Crippen molar-refractivity contribution >= 4 is 0 Å². The maximum atomic E-state index is 5.47. The van der Waals surface area contributed by atoms with E-state index in [0.29, 0.717) is 12.1 Å². The third-order valence-corrected chi connectivity index (χ3v) is 2.69. The van der Waals surface area contributed by atoms with Crippen LogP contribution in [0.25, 0.3) is 0 Å². The highest BCUT2D eigenvalue weighted by atomic mass is 16.5. The van der Waals surface area contributed by atoms with Crippen LogP contribution in [-0.4, -0.2) is 25.8 Å². The quantitative estimate of drug-likeness (QED) is 0.654. The molecule has 1 aliphatic rings. The van der Waals surface area contributed by atoms with Crippen molar-refractivity contribution < 1.29 is 4.74 Å². The Kier molecular flexibility index (Phi) is 3.34. The van der Waals surface area contributed by atoms with E-state index < -0.39 is 0 Å². The molecule has 0 saturated carbocycles. The molecule has 1 fully saturated rings. The van der Waals surface area contributed by atoms with E-state index in [1.807, 2.05) is 7.05 Å². The van der Waals surface area contributed by atoms with Gasteiger partial charge in [0.05, 0.1) is 6.10 Å². The van der Waals surface area contributed by atoms with Gasteiger partial charge in [-0.1, -0.05) is 0 Å². The largest absolute Gasteiger partial charge is 0.378 e. The fraction of sp³-hybridized carbons (Fsp3) is 1.00. The highest BCUT2D eigenvalue weighted by Crippen LogP contribution is 2.22. The number of hydrogen-bond acceptors (Lipinski definition) is 2. The van der Waals surface area contributed by atoms with Crippen molar-refractivity contribution in [1.29, 1.82) is 0 Å². The van der Waals surface area contributed by atoms with Crippen LogP contribution in [0.3, 0.4) is 0 Å². The summed E-state index contributed by atoms with van der Waals surface area (Å²) in [6.45, 7) is 5.36. The third-order valence-electron chi connectivity index (χ3n) is 2.69. The molecule has 0 radical (unpaired) electrons. The molecule has 1 heterocycles. The van der Waals surface area contributed by atoms with E-state index in [1.54, 1.807) is 0 Å². The second-order valence-corrected chi connectivity index (χ2v) is 3.54. The SMILES string of the molecule is CNC(C)C1CCOC(C)C1. The fourth-order valence-corrected chi connectivity index (χ4v) is 1.72. The highest BCUT2D eigenvalue weighted by molar-refractivity contribution is 4.76. The van der Waals surface area contributed by atoms with Gasteiger partial charge in [0.1, 0.15) is 0 Å². The van der Waals surface area contributed by atoms with E-state index in [0.717, 1.165) is 12.5 Å². The van der Waals surface area contributed by atoms with Gasteiger partial charge in [-0.15, -0.1) is 0 Å². The van der Waals surface area contributed by atoms with E-state index in [4.69, 9.17) is 4.74 Å². The molecule has 0 aromatic heterocycles. The zero-order valence-electron chi connectivity index (χ0n) is 7.76. The van der Waals surface area contributed by atoms with Gasteiger partial charge in [-0.3, -0.25) is 0 Å². The normalized spacial score (nSPS) is 35.2. The Morgan fingerprint density at radius 3 is 2.82 bits per heavy atom. The Balaban J connectivity index is 2.33. The van der Waals surface area contributed by atoms with E-state index in [9.17, 15) is 0 Å². The first-order valence-corrected chi connectivity index (χ1v) is 4.53. The molecule has 0 aromatic rings. The minimum absolute atomic E-state index is 0.463. The molecular weight excluding hydrogens is 138 g/mol. The molecule has 1 N–H and O–H groups in total. The molecule has 0 amide bonds. The summed E-state index contributed by atoms with van der Waals surface area (Å²) < 4.78 is 5.47. The van der Waals surface area contributed by atoms with Crippen molar-refractivity contribution in [2.45, 2.75) is 38.8 Å². The van der Waals surface area contributed by atoms with E-state index in [1.165, 1.54) is 12.8 Å². The van der Waals surface area contributed by atoms with Gasteiger partial charge in [-0.2, -0.15) is 0 Å². The number of rotatable bonds is 2. The second-order valence-electron chi connectivity index (χ2n) is 3.54. The number of ether oxygens (including phenoxy) is 1. The van der Waals surface area contributed by atoms with Gasteiger partial charge in [0, 0.05) is 12.6 Å². The van der Waals surface area contributed by atoms with Gasteiger partial charge >= 0.3 is 0 Å². The summed E-state index contributed by atoms with van der Waals surface area (Å²) >= 11 is 0. The summed E-state index contributed by atoms with van der Waals surface area (Å²) in [4.78, 5) is 0. The summed E-state index contributed by atoms with van der Waals surface area (Å²) in [5, 5.41) is 3.30. The van der Waals surface area contributed by atoms with Crippen molar-refractivity contribution in [3.8, 4) is 0 Å². The minimum atomic E-state index is 0.463. The summed E-state index contributed by atoms with van der Waals surface area (Å²) in [6.07, 6.45) is 2.89. The lowest BCUT2D eigenvalue weighted by Gasteiger charge is -2.31. The zero-order chi connectivity index (χ0) is 8.27. The lowest BCUT2D eigenvalue weighted by atomic mass is 9.90. The Bertz CT molecular complexity index is 116. The van der Waals surface area contributed by atoms with Crippen molar-refractivity contribution in [3.05, 3.63) is 0 Å². The van der Waals surface area contributed by atoms with Crippen LogP contribution in [0.1, 0.15) is 26.7 Å². The average molecular weight is 157 g/mol. The first kappa shape index (κ1) is 9.01. The molecule has 1 rings (SSSR count). The van der Waals surface area contributed by atoms with Gasteiger partial charge in [-0.05, 0) is 39.7 Å². The Labute approximate surface area is 69.3 Å². The molecule has 0 spiro atoms. The zero-order valence-corrected chi connectivity index (χ0v) is 7.76. The molecule has 0 bridgehead atoms. The van der Waals surface area contributed by atoms with E-state index >= 15 is 0 Å². The molecule has 11 heavy (non-hydrogen) atoms. The lowest BCUT2D eigenvalue weighted by molar-refractivity contribution is -0.00414. The predicted octanol–water partition coefficient (Wildman–Crippen LogP) is 1.41. The van der Waals surface area contributed by atoms with Crippen LogP contribution in [0.4, 0.5) is 0 Å². The van der Waals surface area contributed by atoms with Crippen molar-refractivity contribution in [3.63, 3.8) is 0 Å². The summed E-state index contributed by atoms with van der Waals surface area (Å²) in [6, 6.07) is 0.640. The third kappa shape index (κ3) is 2.46. The Morgan fingerprint density at radius 1 is 1.55 bits per heavy atom. The first-order chi connectivity index (χ1) is 5.24. The molecular formula is C9H19NO. The van der Waals surface area contributed by atoms with Crippen LogP contribution in [-0.2, 0) is 4.74 Å². The molecule has 3 unspecified atom stereocenters. The van der Waals surface area contributed by atoms with Gasteiger partial charge < -0.3 is 10.1 Å². The topological polar surface area (TPSA) is 21.3 Å². The number of hydrogen-bond donors (Lipinski definition) is 1. The molecule has 2 nitrogen and oxygen atoms in total. The molecule has 1 aliphatic heterocycles. The van der Waals surface area contributed by atoms with Crippen molar-refractivity contribution in [2.75, 3.05) is 13.7 Å². The molecule has 0 aromatic carbocycles. The number of nitrogens with one attached hydrogen (secondary N) is 1. The van der Waals surface area contributed by atoms with Gasteiger partial charge in [0.25, 0.3) is 0 Å². The minimum Gasteiger partial charge on any atom is -0.378 e. The Hall–Kier alpha value is -0.0800. The van der Waals surface area contributed by atoms with E-state index in [2.05, 4.69) is 19.2 Å². The Morgan fingerprint density at radius 2 is 2.27 bits per heavy atom. The van der Waals surface area contributed by atoms with Gasteiger partial charge in [0.15, 0.2) is 0 Å². The van der Waals surface area contributed by atoms with Gasteiger partial charge in [0.2, 0.25) is 0 Å². The van der Waals surface area contributed by atoms with Crippen LogP contribution in [0.15, 0.2) is 0 Å². The summed E-state index contributed by atoms with van der Waals surface area (Å²) in [5.41, 5.74) is 0. The molecule has 0 aliphatic carbocycles. The maximum Gasteiger partial charge on any atom is 0.0550 e. The highest BCUT2D eigenvalue weighted by Gasteiger charge is 2.22.